The van der Waals surface area contributed by atoms with Gasteiger partial charge in [-0.15, -0.1) is 0 Å². The molecule has 0 bridgehead atoms. The highest BCUT2D eigenvalue weighted by Crippen LogP contribution is 2.25. The van der Waals surface area contributed by atoms with Gasteiger partial charge in [0.15, 0.2) is 0 Å². The quantitative estimate of drug-likeness (QED) is 0.518. The molecule has 0 saturated carbocycles. The minimum atomic E-state index is -0.276. The van der Waals surface area contributed by atoms with Crippen molar-refractivity contribution in [2.24, 2.45) is 0 Å². The average molecular weight is 447 g/mol. The van der Waals surface area contributed by atoms with Crippen LogP contribution in [0.25, 0.3) is 17.3 Å². The van der Waals surface area contributed by atoms with Gasteiger partial charge in [0.05, 0.1) is 19.9 Å². The molecule has 1 fully saturated rings. The Morgan fingerprint density at radius 3 is 2.70 bits per heavy atom. The molecule has 9 heteroatoms. The first-order valence-corrected chi connectivity index (χ1v) is 10.5. The predicted molar refractivity (Wildman–Crippen MR) is 122 cm³/mol. The first-order chi connectivity index (χ1) is 16.1. The van der Waals surface area contributed by atoms with Crippen molar-refractivity contribution in [2.45, 2.75) is 13.0 Å². The molecule has 0 spiro atoms. The van der Waals surface area contributed by atoms with E-state index in [4.69, 9.17) is 9.47 Å². The number of hydrazine groups is 1. The Bertz CT molecular complexity index is 1160. The Hall–Kier alpha value is -4.14. The van der Waals surface area contributed by atoms with E-state index in [0.717, 1.165) is 11.3 Å². The number of benzene rings is 1. The number of aromatic nitrogens is 3. The normalized spacial score (nSPS) is 13.5. The number of ether oxygens (including phenoxy) is 2. The summed E-state index contributed by atoms with van der Waals surface area (Å²) in [6.07, 6.45) is 8.99. The Morgan fingerprint density at radius 2 is 1.94 bits per heavy atom. The lowest BCUT2D eigenvalue weighted by atomic mass is 10.1. The Kier molecular flexibility index (Phi) is 6.68. The highest BCUT2D eigenvalue weighted by Gasteiger charge is 2.29. The third kappa shape index (κ3) is 5.03. The molecule has 170 valence electrons. The minimum absolute atomic E-state index is 0.0392. The maximum atomic E-state index is 12.9. The summed E-state index contributed by atoms with van der Waals surface area (Å²) in [7, 11) is 3.14. The third-order valence-corrected chi connectivity index (χ3v) is 5.31. The van der Waals surface area contributed by atoms with Gasteiger partial charge in [-0.3, -0.25) is 19.3 Å². The van der Waals surface area contributed by atoms with Crippen LogP contribution in [0.15, 0.2) is 61.1 Å². The molecule has 4 rings (SSSR count). The van der Waals surface area contributed by atoms with Gasteiger partial charge in [-0.2, -0.15) is 5.10 Å². The summed E-state index contributed by atoms with van der Waals surface area (Å²) in [5.74, 6) is 0.805. The molecule has 3 heterocycles. The largest absolute Gasteiger partial charge is 0.497 e. The molecule has 2 amide bonds. The van der Waals surface area contributed by atoms with Crippen LogP contribution >= 0.6 is 0 Å². The van der Waals surface area contributed by atoms with E-state index in [1.54, 1.807) is 61.8 Å². The van der Waals surface area contributed by atoms with Gasteiger partial charge in [0.25, 0.3) is 11.8 Å². The Labute approximate surface area is 191 Å². The SMILES string of the molecule is COc1ccc(OC)c(/C=C/C(=O)N2CCCN2C(=O)Cn2ccc(-c3cccnc3)n2)c1. The average Bonchev–Trinajstić information content (AvgIpc) is 3.53. The zero-order valence-corrected chi connectivity index (χ0v) is 18.5. The van der Waals surface area contributed by atoms with Gasteiger partial charge in [-0.1, -0.05) is 0 Å². The summed E-state index contributed by atoms with van der Waals surface area (Å²) in [5.41, 5.74) is 2.32. The van der Waals surface area contributed by atoms with E-state index < -0.39 is 0 Å². The van der Waals surface area contributed by atoms with Crippen LogP contribution in [-0.4, -0.2) is 63.9 Å². The zero-order valence-electron chi connectivity index (χ0n) is 18.5. The molecule has 0 atom stereocenters. The summed E-state index contributed by atoms with van der Waals surface area (Å²) in [6.45, 7) is 0.999. The van der Waals surface area contributed by atoms with E-state index in [9.17, 15) is 9.59 Å². The van der Waals surface area contributed by atoms with Crippen LogP contribution < -0.4 is 9.47 Å². The maximum Gasteiger partial charge on any atom is 0.265 e. The molecule has 9 nitrogen and oxygen atoms in total. The summed E-state index contributed by atoms with van der Waals surface area (Å²) in [4.78, 5) is 29.9. The fourth-order valence-corrected chi connectivity index (χ4v) is 3.66. The molecule has 1 aliphatic rings. The van der Waals surface area contributed by atoms with E-state index in [2.05, 4.69) is 10.1 Å². The number of pyridine rings is 1. The van der Waals surface area contributed by atoms with Crippen molar-refractivity contribution in [3.05, 3.63) is 66.6 Å². The molecule has 0 N–H and O–H groups in total. The third-order valence-electron chi connectivity index (χ3n) is 5.31. The van der Waals surface area contributed by atoms with E-state index in [-0.39, 0.29) is 18.4 Å². The van der Waals surface area contributed by atoms with Crippen molar-refractivity contribution in [2.75, 3.05) is 27.3 Å². The van der Waals surface area contributed by atoms with Crippen LogP contribution in [0.5, 0.6) is 11.5 Å². The fraction of sp³-hybridized carbons (Fsp3) is 0.250. The zero-order chi connectivity index (χ0) is 23.2. The van der Waals surface area contributed by atoms with E-state index >= 15 is 0 Å². The van der Waals surface area contributed by atoms with Gasteiger partial charge in [0, 0.05) is 48.9 Å². The van der Waals surface area contributed by atoms with Crippen molar-refractivity contribution in [1.29, 1.82) is 0 Å². The molecule has 0 radical (unpaired) electrons. The van der Waals surface area contributed by atoms with Crippen molar-refractivity contribution < 1.29 is 19.1 Å². The number of amides is 2. The molecule has 1 aliphatic heterocycles. The van der Waals surface area contributed by atoms with Gasteiger partial charge in [-0.25, -0.2) is 10.0 Å². The Balaban J connectivity index is 1.43. The summed E-state index contributed by atoms with van der Waals surface area (Å²) >= 11 is 0. The van der Waals surface area contributed by atoms with Crippen molar-refractivity contribution in [3.8, 4) is 22.8 Å². The van der Waals surface area contributed by atoms with E-state index in [1.807, 2.05) is 18.2 Å². The topological polar surface area (TPSA) is 89.8 Å². The van der Waals surface area contributed by atoms with Crippen LogP contribution in [0.2, 0.25) is 0 Å². The van der Waals surface area contributed by atoms with Crippen molar-refractivity contribution in [1.82, 2.24) is 24.8 Å². The Morgan fingerprint density at radius 1 is 1.09 bits per heavy atom. The van der Waals surface area contributed by atoms with Gasteiger partial charge in [-0.05, 0) is 48.9 Å². The summed E-state index contributed by atoms with van der Waals surface area (Å²) < 4.78 is 12.2. The number of hydrogen-bond acceptors (Lipinski definition) is 6. The second kappa shape index (κ2) is 9.99. The molecule has 33 heavy (non-hydrogen) atoms. The fourth-order valence-electron chi connectivity index (χ4n) is 3.66. The number of methoxy groups -OCH3 is 2. The molecular weight excluding hydrogens is 422 g/mol. The van der Waals surface area contributed by atoms with Crippen LogP contribution in [0.3, 0.4) is 0 Å². The minimum Gasteiger partial charge on any atom is -0.497 e. The highest BCUT2D eigenvalue weighted by atomic mass is 16.5. The lowest BCUT2D eigenvalue weighted by molar-refractivity contribution is -0.155. The summed E-state index contributed by atoms with van der Waals surface area (Å²) in [5, 5.41) is 7.42. The monoisotopic (exact) mass is 447 g/mol. The number of nitrogens with zero attached hydrogens (tertiary/aromatic N) is 5. The molecule has 2 aromatic heterocycles. The molecule has 1 saturated heterocycles. The molecule has 1 aromatic carbocycles. The first kappa shape index (κ1) is 22.1. The smallest absolute Gasteiger partial charge is 0.265 e. The van der Waals surface area contributed by atoms with Crippen LogP contribution in [0.1, 0.15) is 12.0 Å². The lowest BCUT2D eigenvalue weighted by Gasteiger charge is -2.26. The van der Waals surface area contributed by atoms with E-state index in [0.29, 0.717) is 36.6 Å². The van der Waals surface area contributed by atoms with Crippen LogP contribution in [0.4, 0.5) is 0 Å². The van der Waals surface area contributed by atoms with Gasteiger partial charge in [0.1, 0.15) is 18.0 Å². The first-order valence-electron chi connectivity index (χ1n) is 10.5. The molecule has 0 aliphatic carbocycles. The second-order valence-electron chi connectivity index (χ2n) is 7.41. The number of carbonyl (C=O) groups excluding carboxylic acids is 2. The standard InChI is InChI=1S/C24H25N5O4/c1-32-20-7-8-22(33-2)18(15-20)6-9-23(30)28-12-4-13-29(28)24(31)17-27-14-10-21(26-27)19-5-3-11-25-16-19/h3,5-11,14-16H,4,12-13,17H2,1-2H3/b9-6+. The van der Waals surface area contributed by atoms with E-state index in [1.165, 1.54) is 16.1 Å². The highest BCUT2D eigenvalue weighted by molar-refractivity contribution is 5.93. The van der Waals surface area contributed by atoms with Gasteiger partial charge >= 0.3 is 0 Å². The maximum absolute atomic E-state index is 12.9. The van der Waals surface area contributed by atoms with Gasteiger partial charge < -0.3 is 9.47 Å². The molecule has 0 unspecified atom stereocenters. The lowest BCUT2D eigenvalue weighted by Crippen LogP contribution is -2.45. The van der Waals surface area contributed by atoms with Crippen molar-refractivity contribution >= 4 is 17.9 Å². The molecular formula is C24H25N5O4. The molecule has 3 aromatic rings. The van der Waals surface area contributed by atoms with Crippen LogP contribution in [0, 0.1) is 0 Å². The van der Waals surface area contributed by atoms with Gasteiger partial charge in [0.2, 0.25) is 0 Å². The second-order valence-corrected chi connectivity index (χ2v) is 7.41. The number of carbonyl (C=O) groups is 2. The summed E-state index contributed by atoms with van der Waals surface area (Å²) in [6, 6.07) is 10.9. The number of hydrogen-bond donors (Lipinski definition) is 0. The number of rotatable bonds is 7. The van der Waals surface area contributed by atoms with Crippen molar-refractivity contribution in [3.63, 3.8) is 0 Å². The predicted octanol–water partition coefficient (Wildman–Crippen LogP) is 2.65. The van der Waals surface area contributed by atoms with Crippen LogP contribution in [-0.2, 0) is 16.1 Å².